The van der Waals surface area contributed by atoms with Crippen molar-refractivity contribution in [2.75, 3.05) is 4.30 Å². The Kier molecular flexibility index (Phi) is 9.36. The molecule has 0 heterocycles. The van der Waals surface area contributed by atoms with E-state index in [0.717, 1.165) is 39.2 Å². The van der Waals surface area contributed by atoms with E-state index < -0.39 is 15.0 Å². The van der Waals surface area contributed by atoms with Crippen LogP contribution in [0.1, 0.15) is 33.9 Å². The smallest absolute Gasteiger partial charge is 0.456 e. The number of nitrogens with one attached hydrogen (secondary N) is 1. The maximum Gasteiger partial charge on any atom is 0.847 e. The predicted octanol–water partition coefficient (Wildman–Crippen LogP) is 8.17. The Morgan fingerprint density at radius 2 is 1.33 bits per heavy atom. The fourth-order valence-corrected chi connectivity index (χ4v) is 5.92. The zero-order valence-corrected chi connectivity index (χ0v) is 23.1. The Hall–Kier alpha value is -3.98. The van der Waals surface area contributed by atoms with Crippen LogP contribution in [0.3, 0.4) is 0 Å². The fourth-order valence-electron chi connectivity index (χ4n) is 4.33. The van der Waals surface area contributed by atoms with Crippen LogP contribution in [0.4, 0.5) is 11.4 Å². The van der Waals surface area contributed by atoms with Crippen LogP contribution in [0.2, 0.25) is 0 Å². The summed E-state index contributed by atoms with van der Waals surface area (Å²) in [7, 11) is 0. The normalized spacial score (nSPS) is 11.8. The first-order chi connectivity index (χ1) is 19.3. The van der Waals surface area contributed by atoms with Crippen molar-refractivity contribution in [1.82, 2.24) is 0 Å². The van der Waals surface area contributed by atoms with Gasteiger partial charge < -0.3 is 11.9 Å². The molecule has 5 aromatic carbocycles. The Bertz CT molecular complexity index is 1480. The summed E-state index contributed by atoms with van der Waals surface area (Å²) >= 11 is -2.43. The molecule has 1 N–H and O–H groups in total. The number of hydrogen-bond acceptors (Lipinski definition) is 4. The lowest BCUT2D eigenvalue weighted by Crippen LogP contribution is -2.34. The number of rotatable bonds is 11. The van der Waals surface area contributed by atoms with Gasteiger partial charge in [0.05, 0.1) is 11.8 Å². The van der Waals surface area contributed by atoms with E-state index in [0.29, 0.717) is 6.61 Å². The number of hydrogen-bond donors (Lipinski definition) is 1. The van der Waals surface area contributed by atoms with Gasteiger partial charge in [0, 0.05) is 18.5 Å². The molecule has 0 spiro atoms. The first kappa shape index (κ1) is 26.6. The Morgan fingerprint density at radius 3 is 2.08 bits per heavy atom. The SMILES string of the molecule is Cc1ccccc1N=Cc1ccccc1C([O][Al]([NH]c1ccccc1)[O]Cc1ccccc1)c1ccccc1. The van der Waals surface area contributed by atoms with Crippen molar-refractivity contribution in [3.05, 3.63) is 167 Å². The zero-order valence-electron chi connectivity index (χ0n) is 22.0. The first-order valence-electron chi connectivity index (χ1n) is 13.1. The second-order valence-electron chi connectivity index (χ2n) is 9.24. The van der Waals surface area contributed by atoms with E-state index >= 15 is 0 Å². The second-order valence-corrected chi connectivity index (χ2v) is 10.8. The van der Waals surface area contributed by atoms with Gasteiger partial charge in [-0.05, 0) is 52.9 Å². The molecule has 192 valence electrons. The minimum absolute atomic E-state index is 0.339. The summed E-state index contributed by atoms with van der Waals surface area (Å²) in [6.45, 7) is 2.54. The largest absolute Gasteiger partial charge is 0.847 e. The van der Waals surface area contributed by atoms with Crippen LogP contribution in [0.15, 0.2) is 145 Å². The maximum atomic E-state index is 6.91. The van der Waals surface area contributed by atoms with Gasteiger partial charge in [-0.1, -0.05) is 121 Å². The van der Waals surface area contributed by atoms with Gasteiger partial charge in [0.15, 0.2) is 0 Å². The fraction of sp³-hybridized carbons (Fsp3) is 0.0882. The number of anilines is 1. The molecule has 0 amide bonds. The number of para-hydroxylation sites is 2. The molecule has 0 fully saturated rings. The topological polar surface area (TPSA) is 42.8 Å². The van der Waals surface area contributed by atoms with E-state index in [1.165, 1.54) is 0 Å². The molecule has 0 aliphatic heterocycles. The summed E-state index contributed by atoms with van der Waals surface area (Å²) < 4.78 is 16.9. The van der Waals surface area contributed by atoms with Gasteiger partial charge in [-0.15, -0.1) is 0 Å². The van der Waals surface area contributed by atoms with Gasteiger partial charge in [-0.2, -0.15) is 0 Å². The van der Waals surface area contributed by atoms with Crippen LogP contribution in [-0.2, 0) is 14.2 Å². The minimum atomic E-state index is -2.43. The standard InChI is InChI=1S/C21H18NO.C7H7O.C6H6N.Al/c1-16-9-5-8-14-20(16)22-15-18-12-6-7-13-19(18)21(23)17-10-3-2-4-11-17;8-6-7-4-2-1-3-5-7;7-6-4-2-1-3-5-6;/h2-15,21H,1H3;1-5H,6H2;1-5,7H;/q3*-1;+3. The molecule has 0 saturated carbocycles. The van der Waals surface area contributed by atoms with Gasteiger partial charge in [-0.3, -0.25) is 4.99 Å². The van der Waals surface area contributed by atoms with Crippen LogP contribution >= 0.6 is 0 Å². The number of benzene rings is 5. The molecule has 4 nitrogen and oxygen atoms in total. The first-order valence-corrected chi connectivity index (χ1v) is 14.6. The van der Waals surface area contributed by atoms with Crippen molar-refractivity contribution < 1.29 is 7.58 Å². The van der Waals surface area contributed by atoms with E-state index in [4.69, 9.17) is 12.6 Å². The van der Waals surface area contributed by atoms with Crippen LogP contribution in [0.25, 0.3) is 0 Å². The summed E-state index contributed by atoms with van der Waals surface area (Å²) in [6.07, 6.45) is 1.59. The lowest BCUT2D eigenvalue weighted by Gasteiger charge is -2.25. The molecule has 1 atom stereocenters. The van der Waals surface area contributed by atoms with E-state index in [-0.39, 0.29) is 6.10 Å². The number of aryl methyl sites for hydroxylation is 1. The Labute approximate surface area is 235 Å². The highest BCUT2D eigenvalue weighted by atomic mass is 27.2. The summed E-state index contributed by atoms with van der Waals surface area (Å²) in [6, 6.07) is 47.0. The van der Waals surface area contributed by atoms with E-state index in [9.17, 15) is 0 Å². The lowest BCUT2D eigenvalue weighted by molar-refractivity contribution is 0.158. The van der Waals surface area contributed by atoms with Crippen LogP contribution in [-0.4, -0.2) is 21.3 Å². The molecule has 5 aromatic rings. The maximum absolute atomic E-state index is 6.91. The average Bonchev–Trinajstić information content (AvgIpc) is 3.00. The van der Waals surface area contributed by atoms with Crippen molar-refractivity contribution in [1.29, 1.82) is 0 Å². The molecule has 1 unspecified atom stereocenters. The van der Waals surface area contributed by atoms with Gasteiger partial charge in [-0.25, -0.2) is 0 Å². The van der Waals surface area contributed by atoms with Crippen LogP contribution in [0.5, 0.6) is 0 Å². The van der Waals surface area contributed by atoms with Gasteiger partial charge >= 0.3 is 15.0 Å². The van der Waals surface area contributed by atoms with Gasteiger partial charge in [0.2, 0.25) is 0 Å². The van der Waals surface area contributed by atoms with Gasteiger partial charge in [0.25, 0.3) is 0 Å². The third-order valence-electron chi connectivity index (χ3n) is 6.40. The third kappa shape index (κ3) is 7.54. The second kappa shape index (κ2) is 13.7. The minimum Gasteiger partial charge on any atom is -0.456 e. The average molecular weight is 527 g/mol. The predicted molar refractivity (Wildman–Crippen MR) is 161 cm³/mol. The van der Waals surface area contributed by atoms with E-state index in [1.807, 2.05) is 103 Å². The van der Waals surface area contributed by atoms with Crippen LogP contribution in [0, 0.1) is 6.92 Å². The molecule has 0 aromatic heterocycles. The lowest BCUT2D eigenvalue weighted by atomic mass is 9.97. The third-order valence-corrected chi connectivity index (χ3v) is 7.96. The van der Waals surface area contributed by atoms with E-state index in [2.05, 4.69) is 53.7 Å². The summed E-state index contributed by atoms with van der Waals surface area (Å²) in [5.74, 6) is 0. The van der Waals surface area contributed by atoms with Gasteiger partial charge in [0.1, 0.15) is 0 Å². The summed E-state index contributed by atoms with van der Waals surface area (Å²) in [5, 5.41) is 0. The molecule has 5 heteroatoms. The van der Waals surface area contributed by atoms with Crippen LogP contribution < -0.4 is 4.30 Å². The molecular weight excluding hydrogens is 495 g/mol. The molecule has 5 rings (SSSR count). The van der Waals surface area contributed by atoms with Crippen molar-refractivity contribution in [2.45, 2.75) is 19.6 Å². The zero-order chi connectivity index (χ0) is 26.7. The van der Waals surface area contributed by atoms with Crippen molar-refractivity contribution in [2.24, 2.45) is 4.99 Å². The Balaban J connectivity index is 1.48. The molecule has 0 saturated heterocycles. The molecule has 39 heavy (non-hydrogen) atoms. The molecule has 0 aliphatic rings. The van der Waals surface area contributed by atoms with Crippen molar-refractivity contribution in [3.63, 3.8) is 0 Å². The highest BCUT2D eigenvalue weighted by Crippen LogP contribution is 2.30. The van der Waals surface area contributed by atoms with Crippen molar-refractivity contribution in [3.8, 4) is 0 Å². The molecule has 0 radical (unpaired) electrons. The molecule has 0 bridgehead atoms. The number of aliphatic imine (C=N–C) groups is 1. The van der Waals surface area contributed by atoms with Crippen molar-refractivity contribution >= 4 is 32.6 Å². The number of nitrogens with zero attached hydrogens (tertiary/aromatic N) is 1. The monoisotopic (exact) mass is 526 g/mol. The Morgan fingerprint density at radius 1 is 0.718 bits per heavy atom. The molecular formula is C34H31AlN2O2. The summed E-state index contributed by atoms with van der Waals surface area (Å²) in [4.78, 5) is 4.82. The molecule has 0 aliphatic carbocycles. The highest BCUT2D eigenvalue weighted by Gasteiger charge is 2.34. The quantitative estimate of drug-likeness (QED) is 0.139. The summed E-state index contributed by atoms with van der Waals surface area (Å²) in [5.41, 5.74) is 7.27. The van der Waals surface area contributed by atoms with E-state index in [1.54, 1.807) is 0 Å². The highest BCUT2D eigenvalue weighted by molar-refractivity contribution is 6.49.